The average Bonchev–Trinajstić information content (AvgIpc) is 3.21. The highest BCUT2D eigenvalue weighted by Gasteiger charge is 2.10. The van der Waals surface area contributed by atoms with Crippen molar-refractivity contribution in [2.75, 3.05) is 13.6 Å². The van der Waals surface area contributed by atoms with E-state index < -0.39 is 0 Å². The third-order valence-corrected chi connectivity index (χ3v) is 5.06. The van der Waals surface area contributed by atoms with Crippen molar-refractivity contribution in [2.45, 2.75) is 26.9 Å². The summed E-state index contributed by atoms with van der Waals surface area (Å²) >= 11 is 0. The summed E-state index contributed by atoms with van der Waals surface area (Å²) in [5.74, 6) is 2.70. The number of furan rings is 1. The predicted octanol–water partition coefficient (Wildman–Crippen LogP) is 3.76. The Morgan fingerprint density at radius 1 is 1.07 bits per heavy atom. The second kappa shape index (κ2) is 7.76. The van der Waals surface area contributed by atoms with Crippen LogP contribution in [0.15, 0.2) is 57.9 Å². The lowest BCUT2D eigenvalue weighted by molar-refractivity contribution is 0.534. The molecule has 0 spiro atoms. The summed E-state index contributed by atoms with van der Waals surface area (Å²) in [5.41, 5.74) is 4.27. The summed E-state index contributed by atoms with van der Waals surface area (Å²) in [6, 6.07) is 16.3. The normalized spacial score (nSPS) is 12.0. The Hall–Kier alpha value is -3.28. The minimum Gasteiger partial charge on any atom is -0.459 e. The number of nitrogens with one attached hydrogen (secondary N) is 2. The van der Waals surface area contributed by atoms with Crippen molar-refractivity contribution in [1.29, 1.82) is 0 Å². The lowest BCUT2D eigenvalue weighted by Gasteiger charge is -2.13. The van der Waals surface area contributed by atoms with Gasteiger partial charge in [-0.3, -0.25) is 4.99 Å². The minimum atomic E-state index is 0.590. The van der Waals surface area contributed by atoms with Gasteiger partial charge in [-0.1, -0.05) is 30.3 Å². The number of rotatable bonds is 5. The number of imidazole rings is 1. The van der Waals surface area contributed by atoms with Crippen LogP contribution in [0.2, 0.25) is 0 Å². The second-order valence-corrected chi connectivity index (χ2v) is 6.80. The maximum Gasteiger partial charge on any atom is 0.191 e. The van der Waals surface area contributed by atoms with Crippen molar-refractivity contribution in [2.24, 2.45) is 4.99 Å². The molecule has 0 aliphatic rings. The zero-order valence-corrected chi connectivity index (χ0v) is 16.5. The molecule has 0 fully saturated rings. The van der Waals surface area contributed by atoms with Crippen molar-refractivity contribution < 1.29 is 4.42 Å². The summed E-state index contributed by atoms with van der Waals surface area (Å²) in [6.45, 7) is 6.29. The average molecular weight is 375 g/mol. The van der Waals surface area contributed by atoms with Gasteiger partial charge in [-0.15, -0.1) is 0 Å². The van der Waals surface area contributed by atoms with Gasteiger partial charge in [-0.05, 0) is 32.0 Å². The van der Waals surface area contributed by atoms with Crippen LogP contribution in [0.25, 0.3) is 22.0 Å². The fourth-order valence-electron chi connectivity index (χ4n) is 3.54. The SMILES string of the molecule is CN=C(NCCn1c(C)nc2ccccc21)NCc1oc2ccccc2c1C. The van der Waals surface area contributed by atoms with Crippen LogP contribution in [-0.2, 0) is 13.1 Å². The van der Waals surface area contributed by atoms with Gasteiger partial charge in [0, 0.05) is 31.1 Å². The van der Waals surface area contributed by atoms with E-state index in [2.05, 4.69) is 44.2 Å². The molecule has 0 saturated heterocycles. The molecule has 0 amide bonds. The van der Waals surface area contributed by atoms with Crippen LogP contribution in [-0.4, -0.2) is 29.1 Å². The van der Waals surface area contributed by atoms with Gasteiger partial charge in [0.05, 0.1) is 17.6 Å². The van der Waals surface area contributed by atoms with Crippen LogP contribution in [0.5, 0.6) is 0 Å². The van der Waals surface area contributed by atoms with E-state index in [4.69, 9.17) is 4.42 Å². The van der Waals surface area contributed by atoms with Crippen molar-refractivity contribution in [3.63, 3.8) is 0 Å². The van der Waals surface area contributed by atoms with Crippen LogP contribution in [0, 0.1) is 13.8 Å². The molecule has 144 valence electrons. The van der Waals surface area contributed by atoms with E-state index >= 15 is 0 Å². The topological polar surface area (TPSA) is 67.4 Å². The lowest BCUT2D eigenvalue weighted by Crippen LogP contribution is -2.38. The van der Waals surface area contributed by atoms with E-state index in [1.807, 2.05) is 43.3 Å². The van der Waals surface area contributed by atoms with E-state index in [1.54, 1.807) is 7.05 Å². The van der Waals surface area contributed by atoms with E-state index in [1.165, 1.54) is 5.56 Å². The van der Waals surface area contributed by atoms with Gasteiger partial charge in [0.25, 0.3) is 0 Å². The summed E-state index contributed by atoms with van der Waals surface area (Å²) in [4.78, 5) is 8.93. The molecule has 2 heterocycles. The smallest absolute Gasteiger partial charge is 0.191 e. The summed E-state index contributed by atoms with van der Waals surface area (Å²) in [7, 11) is 1.78. The highest BCUT2D eigenvalue weighted by atomic mass is 16.3. The van der Waals surface area contributed by atoms with Crippen LogP contribution >= 0.6 is 0 Å². The second-order valence-electron chi connectivity index (χ2n) is 6.80. The number of aryl methyl sites for hydroxylation is 2. The number of fused-ring (bicyclic) bond motifs is 2. The highest BCUT2D eigenvalue weighted by molar-refractivity contribution is 5.83. The Labute approximate surface area is 164 Å². The molecule has 2 aromatic heterocycles. The van der Waals surface area contributed by atoms with E-state index in [0.717, 1.165) is 52.6 Å². The summed E-state index contributed by atoms with van der Waals surface area (Å²) in [6.07, 6.45) is 0. The molecule has 6 heteroatoms. The highest BCUT2D eigenvalue weighted by Crippen LogP contribution is 2.24. The number of nitrogens with zero attached hydrogens (tertiary/aromatic N) is 3. The first kappa shape index (κ1) is 18.1. The predicted molar refractivity (Wildman–Crippen MR) is 114 cm³/mol. The zero-order valence-electron chi connectivity index (χ0n) is 16.5. The Balaban J connectivity index is 1.37. The minimum absolute atomic E-state index is 0.590. The number of guanidine groups is 1. The first-order chi connectivity index (χ1) is 13.7. The molecule has 0 aliphatic carbocycles. The Bertz CT molecular complexity index is 1140. The third kappa shape index (κ3) is 3.45. The van der Waals surface area contributed by atoms with Gasteiger partial charge >= 0.3 is 0 Å². The maximum absolute atomic E-state index is 5.96. The largest absolute Gasteiger partial charge is 0.459 e. The Morgan fingerprint density at radius 3 is 2.68 bits per heavy atom. The van der Waals surface area contributed by atoms with Crippen molar-refractivity contribution in [1.82, 2.24) is 20.2 Å². The fraction of sp³-hybridized carbons (Fsp3) is 0.273. The number of aromatic nitrogens is 2. The number of aliphatic imine (C=N–C) groups is 1. The molecular weight excluding hydrogens is 350 g/mol. The van der Waals surface area contributed by atoms with Crippen molar-refractivity contribution >= 4 is 28.0 Å². The summed E-state index contributed by atoms with van der Waals surface area (Å²) < 4.78 is 8.18. The fourth-order valence-corrected chi connectivity index (χ4v) is 3.54. The van der Waals surface area contributed by atoms with Crippen molar-refractivity contribution in [3.8, 4) is 0 Å². The molecule has 0 atom stereocenters. The van der Waals surface area contributed by atoms with Gasteiger partial charge in [0.1, 0.15) is 17.2 Å². The lowest BCUT2D eigenvalue weighted by atomic mass is 10.1. The molecule has 0 saturated carbocycles. The Morgan fingerprint density at radius 2 is 1.86 bits per heavy atom. The van der Waals surface area contributed by atoms with Gasteiger partial charge in [0.2, 0.25) is 0 Å². The zero-order chi connectivity index (χ0) is 19.5. The molecule has 0 aliphatic heterocycles. The quantitative estimate of drug-likeness (QED) is 0.412. The van der Waals surface area contributed by atoms with E-state index in [-0.39, 0.29) is 0 Å². The molecule has 0 bridgehead atoms. The Kier molecular flexibility index (Phi) is 5.02. The van der Waals surface area contributed by atoms with Crippen LogP contribution in [0.1, 0.15) is 17.1 Å². The van der Waals surface area contributed by atoms with Gasteiger partial charge in [-0.25, -0.2) is 4.98 Å². The first-order valence-electron chi connectivity index (χ1n) is 9.51. The molecule has 0 radical (unpaired) electrons. The van der Waals surface area contributed by atoms with Crippen molar-refractivity contribution in [3.05, 3.63) is 65.7 Å². The first-order valence-corrected chi connectivity index (χ1v) is 9.51. The van der Waals surface area contributed by atoms with Crippen LogP contribution in [0.4, 0.5) is 0 Å². The molecule has 2 aromatic carbocycles. The molecule has 4 aromatic rings. The number of hydrogen-bond donors (Lipinski definition) is 2. The van der Waals surface area contributed by atoms with E-state index in [9.17, 15) is 0 Å². The standard InChI is InChI=1S/C22H25N5O/c1-15-17-8-4-7-11-20(17)28-21(15)14-25-22(23-3)24-12-13-27-16(2)26-18-9-5-6-10-19(18)27/h4-11H,12-14H2,1-3H3,(H2,23,24,25). The maximum atomic E-state index is 5.96. The third-order valence-electron chi connectivity index (χ3n) is 5.06. The molecule has 4 rings (SSSR count). The summed E-state index contributed by atoms with van der Waals surface area (Å²) in [5, 5.41) is 7.87. The molecule has 0 unspecified atom stereocenters. The monoisotopic (exact) mass is 375 g/mol. The van der Waals surface area contributed by atoms with Gasteiger partial charge in [-0.2, -0.15) is 0 Å². The van der Waals surface area contributed by atoms with E-state index in [0.29, 0.717) is 6.54 Å². The van der Waals surface area contributed by atoms with Gasteiger partial charge in [0.15, 0.2) is 5.96 Å². The number of hydrogen-bond acceptors (Lipinski definition) is 3. The molecule has 2 N–H and O–H groups in total. The van der Waals surface area contributed by atoms with Gasteiger partial charge < -0.3 is 19.6 Å². The molecule has 6 nitrogen and oxygen atoms in total. The molecular formula is C22H25N5O. The molecule has 28 heavy (non-hydrogen) atoms. The number of benzene rings is 2. The number of para-hydroxylation sites is 3. The van der Waals surface area contributed by atoms with Crippen LogP contribution < -0.4 is 10.6 Å². The van der Waals surface area contributed by atoms with Crippen LogP contribution in [0.3, 0.4) is 0 Å².